The molecule has 0 amide bonds. The van der Waals surface area contributed by atoms with E-state index in [0.717, 1.165) is 16.6 Å². The summed E-state index contributed by atoms with van der Waals surface area (Å²) in [4.78, 5) is 0. The molecule has 0 bridgehead atoms. The van der Waals surface area contributed by atoms with Gasteiger partial charge in [0.05, 0.1) is 0 Å². The molecule has 3 saturated carbocycles. The van der Waals surface area contributed by atoms with E-state index in [-0.39, 0.29) is 0 Å². The molecule has 4 rings (SSSR count). The van der Waals surface area contributed by atoms with Crippen LogP contribution in [0, 0.1) is 0 Å². The Bertz CT molecular complexity index is 426. The van der Waals surface area contributed by atoms with Crippen molar-refractivity contribution in [2.24, 2.45) is 0 Å². The summed E-state index contributed by atoms with van der Waals surface area (Å²) in [5, 5.41) is 0. The van der Waals surface area contributed by atoms with Crippen molar-refractivity contribution < 1.29 is 12.3 Å². The Hall–Kier alpha value is 0.531. The number of hydrogen-bond acceptors (Lipinski definition) is 3. The van der Waals surface area contributed by atoms with E-state index < -0.39 is 25.7 Å². The first kappa shape index (κ1) is 20.8. The van der Waals surface area contributed by atoms with E-state index in [1.54, 1.807) is 0 Å². The average Bonchev–Trinajstić information content (AvgIpc) is 3.55. The zero-order chi connectivity index (χ0) is 19.0. The summed E-state index contributed by atoms with van der Waals surface area (Å²) in [5.41, 5.74) is 2.40. The van der Waals surface area contributed by atoms with Gasteiger partial charge in [0, 0.05) is 16.6 Å². The van der Waals surface area contributed by atoms with Crippen LogP contribution in [0.2, 0.25) is 34.8 Å². The second kappa shape index (κ2) is 8.34. The zero-order valence-corrected chi connectivity index (χ0v) is 21.1. The highest BCUT2D eigenvalue weighted by molar-refractivity contribution is 6.96. The molecule has 0 N–H and O–H groups in total. The second-order valence-corrected chi connectivity index (χ2v) is 21.1. The van der Waals surface area contributed by atoms with E-state index in [1.165, 1.54) is 95.2 Å². The average molecular weight is 427 g/mol. The van der Waals surface area contributed by atoms with Gasteiger partial charge in [-0.25, -0.2) is 0 Å². The molecule has 0 radical (unpaired) electrons. The maximum absolute atomic E-state index is 7.39. The highest BCUT2D eigenvalue weighted by Gasteiger charge is 2.71. The lowest BCUT2D eigenvalue weighted by Crippen LogP contribution is -2.71. The Kier molecular flexibility index (Phi) is 6.42. The van der Waals surface area contributed by atoms with Gasteiger partial charge in [-0.15, -0.1) is 0 Å². The molecule has 4 fully saturated rings. The Labute approximate surface area is 170 Å². The van der Waals surface area contributed by atoms with E-state index in [9.17, 15) is 0 Å². The highest BCUT2D eigenvalue weighted by Crippen LogP contribution is 2.63. The molecule has 0 aromatic heterocycles. The van der Waals surface area contributed by atoms with Crippen molar-refractivity contribution in [2.45, 2.75) is 133 Å². The fourth-order valence-corrected chi connectivity index (χ4v) is 27.2. The molecule has 0 atom stereocenters. The van der Waals surface area contributed by atoms with Crippen LogP contribution in [0.4, 0.5) is 0 Å². The number of hydrogen-bond donors (Lipinski definition) is 0. The largest absolute Gasteiger partial charge is 0.415 e. The van der Waals surface area contributed by atoms with Crippen LogP contribution in [0.1, 0.15) is 97.8 Å². The first-order valence-corrected chi connectivity index (χ1v) is 18.5. The minimum atomic E-state index is -2.09. The van der Waals surface area contributed by atoms with Crippen molar-refractivity contribution in [2.75, 3.05) is 0 Å². The van der Waals surface area contributed by atoms with Crippen molar-refractivity contribution in [1.29, 1.82) is 0 Å². The third-order valence-corrected chi connectivity index (χ3v) is 24.2. The molecule has 0 spiro atoms. The number of unbranched alkanes of at least 4 members (excludes halogenated alkanes) is 3. The lowest BCUT2D eigenvalue weighted by atomic mass is 10.4. The predicted octanol–water partition coefficient (Wildman–Crippen LogP) is 7.27. The van der Waals surface area contributed by atoms with Crippen LogP contribution in [-0.2, 0) is 12.3 Å². The van der Waals surface area contributed by atoms with Crippen LogP contribution in [0.15, 0.2) is 0 Å². The van der Waals surface area contributed by atoms with Gasteiger partial charge < -0.3 is 12.3 Å². The molecular weight excluding hydrogens is 384 g/mol. The fourth-order valence-electron chi connectivity index (χ4n) is 5.20. The van der Waals surface area contributed by atoms with Crippen LogP contribution in [-0.4, -0.2) is 25.7 Å². The van der Waals surface area contributed by atoms with Gasteiger partial charge in [0.2, 0.25) is 0 Å². The van der Waals surface area contributed by atoms with Gasteiger partial charge in [0.25, 0.3) is 0 Å². The summed E-state index contributed by atoms with van der Waals surface area (Å²) in [6.45, 7) is 7.00. The van der Waals surface area contributed by atoms with Crippen molar-refractivity contribution in [1.82, 2.24) is 0 Å². The van der Waals surface area contributed by atoms with Crippen molar-refractivity contribution in [3.8, 4) is 0 Å². The molecule has 1 saturated heterocycles. The van der Waals surface area contributed by atoms with Crippen molar-refractivity contribution in [3.63, 3.8) is 0 Å². The SMILES string of the molecule is CCCC[Si]1(C2CC2)O[Si](CCCC)(C2CC2)O[Si](CCCC)(C2CC2)O1. The summed E-state index contributed by atoms with van der Waals surface area (Å²) in [7, 11) is -6.26. The standard InChI is InChI=1S/C21H42O3Si3/c1-4-7-16-25(19-10-11-19)22-26(17-8-5-2,20-12-13-20)24-27(23-25,18-9-6-3)21-14-15-21/h19-21H,4-18H2,1-3H3. The van der Waals surface area contributed by atoms with Gasteiger partial charge in [0.15, 0.2) is 0 Å². The summed E-state index contributed by atoms with van der Waals surface area (Å²) < 4.78 is 22.2. The summed E-state index contributed by atoms with van der Waals surface area (Å²) in [6.07, 6.45) is 16.0. The van der Waals surface area contributed by atoms with E-state index in [0.29, 0.717) is 0 Å². The maximum Gasteiger partial charge on any atom is 0.323 e. The molecule has 156 valence electrons. The van der Waals surface area contributed by atoms with Gasteiger partial charge >= 0.3 is 25.7 Å². The van der Waals surface area contributed by atoms with Crippen molar-refractivity contribution >= 4 is 25.7 Å². The first-order chi connectivity index (χ1) is 13.1. The van der Waals surface area contributed by atoms with Crippen LogP contribution >= 0.6 is 0 Å². The summed E-state index contributed by atoms with van der Waals surface area (Å²) in [5.74, 6) is 0. The molecule has 0 aromatic carbocycles. The molecule has 3 aliphatic carbocycles. The molecule has 3 nitrogen and oxygen atoms in total. The van der Waals surface area contributed by atoms with Crippen LogP contribution in [0.3, 0.4) is 0 Å². The third-order valence-electron chi connectivity index (χ3n) is 7.27. The molecule has 1 heterocycles. The van der Waals surface area contributed by atoms with Crippen LogP contribution in [0.5, 0.6) is 0 Å². The van der Waals surface area contributed by atoms with Crippen LogP contribution in [0.25, 0.3) is 0 Å². The monoisotopic (exact) mass is 426 g/mol. The first-order valence-electron chi connectivity index (χ1n) is 12.2. The van der Waals surface area contributed by atoms with E-state index in [1.807, 2.05) is 0 Å². The summed E-state index contributed by atoms with van der Waals surface area (Å²) >= 11 is 0. The minimum absolute atomic E-state index is 0.799. The topological polar surface area (TPSA) is 27.7 Å². The normalized spacial score (nSPS) is 39.7. The Morgan fingerprint density at radius 2 is 0.778 bits per heavy atom. The Morgan fingerprint density at radius 1 is 0.519 bits per heavy atom. The number of rotatable bonds is 12. The molecule has 0 unspecified atom stereocenters. The van der Waals surface area contributed by atoms with Gasteiger partial charge in [-0.2, -0.15) is 0 Å². The van der Waals surface area contributed by atoms with E-state index in [2.05, 4.69) is 20.8 Å². The van der Waals surface area contributed by atoms with Crippen LogP contribution < -0.4 is 0 Å². The smallest absolute Gasteiger partial charge is 0.323 e. The second-order valence-electron chi connectivity index (χ2n) is 9.88. The van der Waals surface area contributed by atoms with Crippen molar-refractivity contribution in [3.05, 3.63) is 0 Å². The molecular formula is C21H42O3Si3. The maximum atomic E-state index is 7.39. The predicted molar refractivity (Wildman–Crippen MR) is 119 cm³/mol. The molecule has 1 aliphatic heterocycles. The van der Waals surface area contributed by atoms with E-state index >= 15 is 0 Å². The molecule has 0 aromatic rings. The molecule has 27 heavy (non-hydrogen) atoms. The molecule has 4 aliphatic rings. The zero-order valence-electron chi connectivity index (χ0n) is 18.1. The minimum Gasteiger partial charge on any atom is -0.415 e. The van der Waals surface area contributed by atoms with Gasteiger partial charge in [0.1, 0.15) is 0 Å². The Balaban J connectivity index is 1.68. The lowest BCUT2D eigenvalue weighted by molar-refractivity contribution is 0.200. The Morgan fingerprint density at radius 3 is 0.963 bits per heavy atom. The van der Waals surface area contributed by atoms with E-state index in [4.69, 9.17) is 12.3 Å². The van der Waals surface area contributed by atoms with Gasteiger partial charge in [-0.1, -0.05) is 59.3 Å². The highest BCUT2D eigenvalue weighted by atomic mass is 28.5. The molecule has 6 heteroatoms. The van der Waals surface area contributed by atoms with Gasteiger partial charge in [-0.3, -0.25) is 0 Å². The fraction of sp³-hybridized carbons (Fsp3) is 1.00. The van der Waals surface area contributed by atoms with Gasteiger partial charge in [-0.05, 0) is 56.7 Å². The lowest BCUT2D eigenvalue weighted by Gasteiger charge is -2.55. The quantitative estimate of drug-likeness (QED) is 0.307. The summed E-state index contributed by atoms with van der Waals surface area (Å²) in [6, 6.07) is 3.79. The third kappa shape index (κ3) is 4.36.